The van der Waals surface area contributed by atoms with Crippen LogP contribution in [0.4, 0.5) is 0 Å². The Labute approximate surface area is 107 Å². The fraction of sp³-hybridized carbons (Fsp3) is 0.571. The molecule has 16 heavy (non-hydrogen) atoms. The summed E-state index contributed by atoms with van der Waals surface area (Å²) in [5, 5.41) is 3.73. The van der Waals surface area contributed by atoms with Crippen molar-refractivity contribution in [2.75, 3.05) is 0 Å². The van der Waals surface area contributed by atoms with Gasteiger partial charge in [0.2, 0.25) is 0 Å². The highest BCUT2D eigenvalue weighted by Crippen LogP contribution is 2.19. The normalized spacial score (nSPS) is 18.9. The Morgan fingerprint density at radius 1 is 1.25 bits per heavy atom. The lowest BCUT2D eigenvalue weighted by atomic mass is 10.1. The minimum absolute atomic E-state index is 0.587. The third-order valence-corrected chi connectivity index (χ3v) is 3.86. The molecule has 0 heterocycles. The largest absolute Gasteiger partial charge is 0.311 e. The Balaban J connectivity index is 1.81. The summed E-state index contributed by atoms with van der Waals surface area (Å²) >= 11 is 3.47. The zero-order valence-electron chi connectivity index (χ0n) is 9.88. The Morgan fingerprint density at radius 2 is 1.88 bits per heavy atom. The molecular formula is C14H20BrN. The third-order valence-electron chi connectivity index (χ3n) is 3.33. The summed E-state index contributed by atoms with van der Waals surface area (Å²) in [5.41, 5.74) is 1.42. The van der Waals surface area contributed by atoms with Crippen molar-refractivity contribution in [1.29, 1.82) is 0 Å². The fourth-order valence-corrected chi connectivity index (χ4v) is 2.79. The van der Waals surface area contributed by atoms with E-state index in [2.05, 4.69) is 52.4 Å². The monoisotopic (exact) mass is 281 g/mol. The van der Waals surface area contributed by atoms with E-state index in [9.17, 15) is 0 Å². The van der Waals surface area contributed by atoms with Crippen molar-refractivity contribution in [3.8, 4) is 0 Å². The molecule has 1 nitrogen and oxygen atoms in total. The summed E-state index contributed by atoms with van der Waals surface area (Å²) in [6.07, 6.45) is 6.67. The molecule has 1 aliphatic rings. The maximum Gasteiger partial charge on any atom is 0.0175 e. The highest BCUT2D eigenvalue weighted by atomic mass is 79.9. The molecule has 0 bridgehead atoms. The number of rotatable bonds is 4. The van der Waals surface area contributed by atoms with E-state index in [1.807, 2.05) is 0 Å². The van der Waals surface area contributed by atoms with Gasteiger partial charge in [-0.2, -0.15) is 0 Å². The summed E-state index contributed by atoms with van der Waals surface area (Å²) in [6, 6.07) is 10.0. The SMILES string of the molecule is CC(Cc1ccc(Br)cc1)NC1CCCC1. The predicted octanol–water partition coefficient (Wildman–Crippen LogP) is 3.91. The maximum atomic E-state index is 3.73. The van der Waals surface area contributed by atoms with Crippen molar-refractivity contribution in [2.24, 2.45) is 0 Å². The van der Waals surface area contributed by atoms with Crippen molar-refractivity contribution in [3.63, 3.8) is 0 Å². The van der Waals surface area contributed by atoms with Gasteiger partial charge >= 0.3 is 0 Å². The average Bonchev–Trinajstić information content (AvgIpc) is 2.74. The van der Waals surface area contributed by atoms with Crippen molar-refractivity contribution < 1.29 is 0 Å². The summed E-state index contributed by atoms with van der Waals surface area (Å²) in [4.78, 5) is 0. The van der Waals surface area contributed by atoms with E-state index in [4.69, 9.17) is 0 Å². The second kappa shape index (κ2) is 5.83. The molecule has 0 spiro atoms. The number of benzene rings is 1. The van der Waals surface area contributed by atoms with Crippen LogP contribution < -0.4 is 5.32 Å². The Morgan fingerprint density at radius 3 is 2.50 bits per heavy atom. The lowest BCUT2D eigenvalue weighted by Gasteiger charge is -2.19. The van der Waals surface area contributed by atoms with Crippen LogP contribution in [0.25, 0.3) is 0 Å². The molecule has 0 radical (unpaired) electrons. The molecule has 1 unspecified atom stereocenters. The molecule has 0 aliphatic heterocycles. The van der Waals surface area contributed by atoms with Crippen molar-refractivity contribution >= 4 is 15.9 Å². The van der Waals surface area contributed by atoms with Crippen LogP contribution in [0.1, 0.15) is 38.2 Å². The van der Waals surface area contributed by atoms with Gasteiger partial charge in [0.05, 0.1) is 0 Å². The molecule has 1 aliphatic carbocycles. The highest BCUT2D eigenvalue weighted by Gasteiger charge is 2.16. The van der Waals surface area contributed by atoms with Gasteiger partial charge in [-0.1, -0.05) is 40.9 Å². The summed E-state index contributed by atoms with van der Waals surface area (Å²) in [5.74, 6) is 0. The van der Waals surface area contributed by atoms with E-state index in [1.54, 1.807) is 0 Å². The van der Waals surface area contributed by atoms with Gasteiger partial charge in [0.1, 0.15) is 0 Å². The standard InChI is InChI=1S/C14H20BrN/c1-11(16-14-4-2-3-5-14)10-12-6-8-13(15)9-7-12/h6-9,11,14,16H,2-5,10H2,1H3. The van der Waals surface area contributed by atoms with Gasteiger partial charge in [0.25, 0.3) is 0 Å². The molecule has 2 heteroatoms. The average molecular weight is 282 g/mol. The molecule has 1 fully saturated rings. The summed E-state index contributed by atoms with van der Waals surface area (Å²) < 4.78 is 1.16. The number of hydrogen-bond acceptors (Lipinski definition) is 1. The number of hydrogen-bond donors (Lipinski definition) is 1. The van der Waals surface area contributed by atoms with Gasteiger partial charge in [-0.05, 0) is 43.9 Å². The molecule has 1 N–H and O–H groups in total. The van der Waals surface area contributed by atoms with Crippen LogP contribution in [0.15, 0.2) is 28.7 Å². The minimum atomic E-state index is 0.587. The molecule has 0 saturated heterocycles. The highest BCUT2D eigenvalue weighted by molar-refractivity contribution is 9.10. The molecule has 0 amide bonds. The lowest BCUT2D eigenvalue weighted by Crippen LogP contribution is -2.35. The van der Waals surface area contributed by atoms with E-state index in [0.29, 0.717) is 6.04 Å². The van der Waals surface area contributed by atoms with Gasteiger partial charge in [-0.25, -0.2) is 0 Å². The second-order valence-corrected chi connectivity index (χ2v) is 5.80. The van der Waals surface area contributed by atoms with Crippen LogP contribution in [-0.4, -0.2) is 12.1 Å². The molecule has 1 aromatic rings. The second-order valence-electron chi connectivity index (χ2n) is 4.88. The minimum Gasteiger partial charge on any atom is -0.311 e. The van der Waals surface area contributed by atoms with Crippen LogP contribution in [0.3, 0.4) is 0 Å². The van der Waals surface area contributed by atoms with E-state index in [0.717, 1.165) is 16.9 Å². The Kier molecular flexibility index (Phi) is 4.42. The molecule has 2 rings (SSSR count). The lowest BCUT2D eigenvalue weighted by molar-refractivity contribution is 0.448. The number of halogens is 1. The van der Waals surface area contributed by atoms with Crippen LogP contribution >= 0.6 is 15.9 Å². The van der Waals surface area contributed by atoms with E-state index < -0.39 is 0 Å². The van der Waals surface area contributed by atoms with Crippen molar-refractivity contribution in [3.05, 3.63) is 34.3 Å². The van der Waals surface area contributed by atoms with Gasteiger partial charge in [-0.15, -0.1) is 0 Å². The Bertz CT molecular complexity index is 314. The van der Waals surface area contributed by atoms with Gasteiger partial charge in [0.15, 0.2) is 0 Å². The zero-order valence-corrected chi connectivity index (χ0v) is 11.5. The van der Waals surface area contributed by atoms with Crippen LogP contribution in [0, 0.1) is 0 Å². The van der Waals surface area contributed by atoms with E-state index in [-0.39, 0.29) is 0 Å². The molecule has 0 aromatic heterocycles. The quantitative estimate of drug-likeness (QED) is 0.882. The van der Waals surface area contributed by atoms with E-state index in [1.165, 1.54) is 31.2 Å². The first-order valence-corrected chi connectivity index (χ1v) is 7.04. The topological polar surface area (TPSA) is 12.0 Å². The van der Waals surface area contributed by atoms with Gasteiger partial charge in [0, 0.05) is 16.6 Å². The summed E-state index contributed by atoms with van der Waals surface area (Å²) in [7, 11) is 0. The van der Waals surface area contributed by atoms with Crippen LogP contribution in [0.2, 0.25) is 0 Å². The first-order valence-electron chi connectivity index (χ1n) is 6.24. The van der Waals surface area contributed by atoms with Crippen LogP contribution in [-0.2, 0) is 6.42 Å². The van der Waals surface area contributed by atoms with Gasteiger partial charge in [-0.3, -0.25) is 0 Å². The molecule has 1 atom stereocenters. The smallest absolute Gasteiger partial charge is 0.0175 e. The first-order chi connectivity index (χ1) is 7.74. The van der Waals surface area contributed by atoms with Gasteiger partial charge < -0.3 is 5.32 Å². The zero-order chi connectivity index (χ0) is 11.4. The molecule has 1 aromatic carbocycles. The molecule has 88 valence electrons. The predicted molar refractivity (Wildman–Crippen MR) is 72.7 cm³/mol. The van der Waals surface area contributed by atoms with Crippen LogP contribution in [0.5, 0.6) is 0 Å². The molecule has 1 saturated carbocycles. The molecular weight excluding hydrogens is 262 g/mol. The van der Waals surface area contributed by atoms with E-state index >= 15 is 0 Å². The fourth-order valence-electron chi connectivity index (χ4n) is 2.53. The van der Waals surface area contributed by atoms with Crippen molar-refractivity contribution in [1.82, 2.24) is 5.32 Å². The van der Waals surface area contributed by atoms with Crippen molar-refractivity contribution in [2.45, 2.75) is 51.1 Å². The first kappa shape index (κ1) is 12.1. The number of nitrogens with one attached hydrogen (secondary N) is 1. The third kappa shape index (κ3) is 3.60. The maximum absolute atomic E-state index is 3.73. The Hall–Kier alpha value is -0.340. The summed E-state index contributed by atoms with van der Waals surface area (Å²) in [6.45, 7) is 2.29.